The first-order chi connectivity index (χ1) is 8.33. The highest BCUT2D eigenvalue weighted by Gasteiger charge is 2.06. The molecule has 0 aliphatic carbocycles. The van der Waals surface area contributed by atoms with Gasteiger partial charge in [-0.15, -0.1) is 11.3 Å². The summed E-state index contributed by atoms with van der Waals surface area (Å²) in [6.07, 6.45) is 7.62. The fourth-order valence-corrected chi connectivity index (χ4v) is 2.46. The van der Waals surface area contributed by atoms with Crippen molar-refractivity contribution in [2.24, 2.45) is 5.73 Å². The van der Waals surface area contributed by atoms with Gasteiger partial charge < -0.3 is 5.73 Å². The maximum absolute atomic E-state index is 5.55. The van der Waals surface area contributed by atoms with E-state index in [0.29, 0.717) is 6.54 Å². The van der Waals surface area contributed by atoms with Crippen LogP contribution in [0.2, 0.25) is 0 Å². The van der Waals surface area contributed by atoms with Gasteiger partial charge in [0.2, 0.25) is 0 Å². The molecule has 0 saturated carbocycles. The van der Waals surface area contributed by atoms with Crippen molar-refractivity contribution in [1.82, 2.24) is 14.8 Å². The Morgan fingerprint density at radius 2 is 2.29 bits per heavy atom. The van der Waals surface area contributed by atoms with Crippen LogP contribution < -0.4 is 5.73 Å². The van der Waals surface area contributed by atoms with Gasteiger partial charge >= 0.3 is 0 Å². The third-order valence-corrected chi connectivity index (χ3v) is 3.57. The van der Waals surface area contributed by atoms with E-state index in [1.807, 2.05) is 16.3 Å². The van der Waals surface area contributed by atoms with Crippen LogP contribution in [-0.2, 0) is 13.1 Å². The molecule has 0 saturated heterocycles. The number of nitrogens with zero attached hydrogens (tertiary/aromatic N) is 3. The van der Waals surface area contributed by atoms with Gasteiger partial charge in [-0.25, -0.2) is 4.98 Å². The number of nitrogens with two attached hydrogens (primary N) is 1. The second-order valence-electron chi connectivity index (χ2n) is 4.05. The lowest BCUT2D eigenvalue weighted by Crippen LogP contribution is -1.97. The summed E-state index contributed by atoms with van der Waals surface area (Å²) < 4.78 is 1.99. The van der Waals surface area contributed by atoms with E-state index < -0.39 is 0 Å². The second kappa shape index (κ2) is 5.93. The predicted octanol–water partition coefficient (Wildman–Crippen LogP) is 2.66. The van der Waals surface area contributed by atoms with Gasteiger partial charge in [0.15, 0.2) is 0 Å². The summed E-state index contributed by atoms with van der Waals surface area (Å²) in [7, 11) is 0. The van der Waals surface area contributed by atoms with E-state index in [1.165, 1.54) is 19.3 Å². The number of thiazole rings is 1. The van der Waals surface area contributed by atoms with Crippen molar-refractivity contribution in [1.29, 1.82) is 0 Å². The maximum atomic E-state index is 5.55. The number of rotatable bonds is 6. The van der Waals surface area contributed by atoms with Crippen molar-refractivity contribution in [3.8, 4) is 10.6 Å². The minimum Gasteiger partial charge on any atom is -0.325 e. The summed E-state index contributed by atoms with van der Waals surface area (Å²) in [5.74, 6) is 0. The van der Waals surface area contributed by atoms with E-state index in [9.17, 15) is 0 Å². The van der Waals surface area contributed by atoms with Gasteiger partial charge in [-0.1, -0.05) is 19.8 Å². The summed E-state index contributed by atoms with van der Waals surface area (Å²) in [6.45, 7) is 3.70. The van der Waals surface area contributed by atoms with Crippen LogP contribution in [0.1, 0.15) is 31.9 Å². The van der Waals surface area contributed by atoms with Gasteiger partial charge in [-0.05, 0) is 6.42 Å². The minimum atomic E-state index is 0.501. The molecule has 0 amide bonds. The normalized spacial score (nSPS) is 10.9. The van der Waals surface area contributed by atoms with E-state index in [2.05, 4.69) is 23.2 Å². The minimum absolute atomic E-state index is 0.501. The van der Waals surface area contributed by atoms with E-state index in [1.54, 1.807) is 11.3 Å². The van der Waals surface area contributed by atoms with Gasteiger partial charge in [0.1, 0.15) is 5.01 Å². The lowest BCUT2D eigenvalue weighted by molar-refractivity contribution is 0.553. The van der Waals surface area contributed by atoms with Crippen molar-refractivity contribution in [3.05, 3.63) is 23.5 Å². The lowest BCUT2D eigenvalue weighted by Gasteiger charge is -1.98. The van der Waals surface area contributed by atoms with Gasteiger partial charge in [0, 0.05) is 30.2 Å². The van der Waals surface area contributed by atoms with E-state index in [4.69, 9.17) is 5.73 Å². The molecule has 92 valence electrons. The molecule has 0 unspecified atom stereocenters. The molecule has 5 heteroatoms. The number of aryl methyl sites for hydroxylation is 1. The zero-order valence-corrected chi connectivity index (χ0v) is 10.9. The summed E-state index contributed by atoms with van der Waals surface area (Å²) in [6, 6.07) is 0. The zero-order chi connectivity index (χ0) is 12.1. The van der Waals surface area contributed by atoms with Crippen molar-refractivity contribution in [2.75, 3.05) is 0 Å². The molecule has 2 aromatic heterocycles. The lowest BCUT2D eigenvalue weighted by atomic mass is 10.2. The van der Waals surface area contributed by atoms with E-state index >= 15 is 0 Å². The van der Waals surface area contributed by atoms with Gasteiger partial charge in [0.05, 0.1) is 11.9 Å². The van der Waals surface area contributed by atoms with Crippen molar-refractivity contribution in [3.63, 3.8) is 0 Å². The van der Waals surface area contributed by atoms with Crippen molar-refractivity contribution < 1.29 is 0 Å². The Balaban J connectivity index is 2.02. The molecule has 0 radical (unpaired) electrons. The Morgan fingerprint density at radius 3 is 3.00 bits per heavy atom. The van der Waals surface area contributed by atoms with Gasteiger partial charge in [-0.2, -0.15) is 5.10 Å². The standard InChI is InChI=1S/C12H18N4S/c1-2-3-4-5-16-8-10(7-14-16)12-15-11(6-13)9-17-12/h7-9H,2-6,13H2,1H3. The quantitative estimate of drug-likeness (QED) is 0.802. The third-order valence-electron chi connectivity index (χ3n) is 2.63. The molecule has 0 fully saturated rings. The number of unbranched alkanes of at least 4 members (excludes halogenated alkanes) is 2. The molecule has 0 aliphatic heterocycles. The number of hydrogen-bond donors (Lipinski definition) is 1. The highest BCUT2D eigenvalue weighted by Crippen LogP contribution is 2.22. The Labute approximate surface area is 105 Å². The Morgan fingerprint density at radius 1 is 1.41 bits per heavy atom. The average Bonchev–Trinajstić information content (AvgIpc) is 2.97. The molecule has 4 nitrogen and oxygen atoms in total. The fourth-order valence-electron chi connectivity index (χ4n) is 1.65. The van der Waals surface area contributed by atoms with Crippen LogP contribution in [-0.4, -0.2) is 14.8 Å². The van der Waals surface area contributed by atoms with Gasteiger partial charge in [-0.3, -0.25) is 4.68 Å². The third kappa shape index (κ3) is 3.14. The van der Waals surface area contributed by atoms with Crippen LogP contribution in [0, 0.1) is 0 Å². The predicted molar refractivity (Wildman–Crippen MR) is 70.8 cm³/mol. The molecule has 0 aromatic carbocycles. The Bertz CT molecular complexity index is 461. The first-order valence-electron chi connectivity index (χ1n) is 6.00. The molecule has 0 bridgehead atoms. The molecular weight excluding hydrogens is 232 g/mol. The van der Waals surface area contributed by atoms with E-state index in [-0.39, 0.29) is 0 Å². The molecule has 17 heavy (non-hydrogen) atoms. The number of hydrogen-bond acceptors (Lipinski definition) is 4. The van der Waals surface area contributed by atoms with Gasteiger partial charge in [0.25, 0.3) is 0 Å². The first-order valence-corrected chi connectivity index (χ1v) is 6.88. The molecule has 0 aliphatic rings. The highest BCUT2D eigenvalue weighted by molar-refractivity contribution is 7.13. The summed E-state index contributed by atoms with van der Waals surface area (Å²) in [5, 5.41) is 7.36. The fraction of sp³-hybridized carbons (Fsp3) is 0.500. The van der Waals surface area contributed by atoms with Crippen LogP contribution in [0.5, 0.6) is 0 Å². The average molecular weight is 250 g/mol. The largest absolute Gasteiger partial charge is 0.325 e. The molecule has 0 atom stereocenters. The van der Waals surface area contributed by atoms with Crippen molar-refractivity contribution in [2.45, 2.75) is 39.3 Å². The smallest absolute Gasteiger partial charge is 0.126 e. The van der Waals surface area contributed by atoms with Crippen LogP contribution >= 0.6 is 11.3 Å². The second-order valence-corrected chi connectivity index (χ2v) is 4.91. The van der Waals surface area contributed by atoms with Crippen LogP contribution in [0.25, 0.3) is 10.6 Å². The molecular formula is C12H18N4S. The molecule has 2 aromatic rings. The zero-order valence-electron chi connectivity index (χ0n) is 10.1. The van der Waals surface area contributed by atoms with Crippen molar-refractivity contribution >= 4 is 11.3 Å². The summed E-state index contributed by atoms with van der Waals surface area (Å²) in [5.41, 5.74) is 7.59. The number of aromatic nitrogens is 3. The topological polar surface area (TPSA) is 56.7 Å². The monoisotopic (exact) mass is 250 g/mol. The Hall–Kier alpha value is -1.20. The SMILES string of the molecule is CCCCCn1cc(-c2nc(CN)cs2)cn1. The Kier molecular flexibility index (Phi) is 4.28. The van der Waals surface area contributed by atoms with Crippen LogP contribution in [0.4, 0.5) is 0 Å². The highest BCUT2D eigenvalue weighted by atomic mass is 32.1. The molecule has 2 rings (SSSR count). The summed E-state index contributed by atoms with van der Waals surface area (Å²) >= 11 is 1.62. The summed E-state index contributed by atoms with van der Waals surface area (Å²) in [4.78, 5) is 4.45. The van der Waals surface area contributed by atoms with Crippen LogP contribution in [0.3, 0.4) is 0 Å². The maximum Gasteiger partial charge on any atom is 0.126 e. The van der Waals surface area contributed by atoms with E-state index in [0.717, 1.165) is 22.8 Å². The molecule has 2 N–H and O–H groups in total. The van der Waals surface area contributed by atoms with Crippen LogP contribution in [0.15, 0.2) is 17.8 Å². The molecule has 0 spiro atoms. The first kappa shape index (κ1) is 12.3. The molecule has 2 heterocycles.